The van der Waals surface area contributed by atoms with Crippen molar-refractivity contribution in [1.82, 2.24) is 67.2 Å². The second-order valence-corrected chi connectivity index (χ2v) is 24.0. The predicted molar refractivity (Wildman–Crippen MR) is 334 cm³/mol. The average Bonchev–Trinajstić information content (AvgIpc) is 1.83. The second-order valence-electron chi connectivity index (χ2n) is 24.0. The Kier molecular flexibility index (Phi) is 29.5. The number of nitrogens with one attached hydrogen (secondary N) is 9. The Hall–Kier alpha value is -9.55. The van der Waals surface area contributed by atoms with Crippen molar-refractivity contribution in [2.75, 3.05) is 46.0 Å². The lowest BCUT2D eigenvalue weighted by molar-refractivity contribution is -0.145. The SMILES string of the molecule is CC(C)C[C@H](NC(=O)[C@H](CCC(N)=O)NC(=O)[C@@H]1CCCN1C(=O)[C@@H](N)CO)C(=O)N[C@@H](C)C(=O)N[C@@H](CO)C(=O)N1CCC[C@H]1C(=O)N[C@@H](Cc1ccc(O)cc1)C(=O)N[C@@H](CO)C(=O)N[C@@H](Cc1cnc[nH]1)C(=O)N1CCC[C@H]1C(=O)N[C@@H](CCCN=C(N)N)C(=O)O. The Morgan fingerprint density at radius 1 is 0.579 bits per heavy atom. The lowest BCUT2D eigenvalue weighted by atomic mass is 10.0. The molecule has 0 radical (unpaired) electrons. The first-order chi connectivity index (χ1) is 45.1. The highest BCUT2D eigenvalue weighted by Gasteiger charge is 2.43. The molecule has 0 saturated carbocycles. The van der Waals surface area contributed by atoms with Gasteiger partial charge in [-0.25, -0.2) is 9.78 Å². The number of aliphatic carboxylic acids is 1. The largest absolute Gasteiger partial charge is 0.508 e. The van der Waals surface area contributed by atoms with E-state index in [1.165, 1.54) is 53.5 Å². The van der Waals surface area contributed by atoms with Gasteiger partial charge in [-0.15, -0.1) is 0 Å². The first kappa shape index (κ1) is 76.2. The molecule has 1 aromatic heterocycles. The molecule has 4 heterocycles. The number of carbonyl (C=O) groups is 13. The Morgan fingerprint density at radius 2 is 1.06 bits per heavy atom. The Labute approximate surface area is 546 Å². The highest BCUT2D eigenvalue weighted by molar-refractivity contribution is 6.00. The van der Waals surface area contributed by atoms with Gasteiger partial charge < -0.3 is 111 Å². The van der Waals surface area contributed by atoms with E-state index in [0.717, 1.165) is 4.90 Å². The number of hydrogen-bond acceptors (Lipinski definition) is 20. The highest BCUT2D eigenvalue weighted by atomic mass is 16.4. The van der Waals surface area contributed by atoms with Crippen LogP contribution in [0.25, 0.3) is 0 Å². The number of aromatic amines is 1. The first-order valence-corrected chi connectivity index (χ1v) is 31.3. The molecule has 3 aliphatic rings. The lowest BCUT2D eigenvalue weighted by Crippen LogP contribution is -2.61. The first-order valence-electron chi connectivity index (χ1n) is 31.3. The van der Waals surface area contributed by atoms with E-state index in [4.69, 9.17) is 22.9 Å². The van der Waals surface area contributed by atoms with E-state index in [9.17, 15) is 87.9 Å². The van der Waals surface area contributed by atoms with Gasteiger partial charge in [0.05, 0.1) is 26.1 Å². The molecule has 12 atom stereocenters. The molecule has 0 spiro atoms. The second kappa shape index (κ2) is 36.8. The van der Waals surface area contributed by atoms with E-state index in [1.54, 1.807) is 13.8 Å². The number of benzene rings is 1. The molecular weight excluding hydrogens is 1250 g/mol. The van der Waals surface area contributed by atoms with Gasteiger partial charge in [-0.1, -0.05) is 26.0 Å². The fourth-order valence-electron chi connectivity index (χ4n) is 11.2. The van der Waals surface area contributed by atoms with Gasteiger partial charge in [0.1, 0.15) is 78.3 Å². The van der Waals surface area contributed by atoms with Gasteiger partial charge in [-0.3, -0.25) is 62.5 Å². The number of amides is 12. The molecule has 0 unspecified atom stereocenters. The highest BCUT2D eigenvalue weighted by Crippen LogP contribution is 2.23. The van der Waals surface area contributed by atoms with Gasteiger partial charge in [0.15, 0.2) is 5.96 Å². The van der Waals surface area contributed by atoms with Crippen LogP contribution in [-0.2, 0) is 75.2 Å². The Bertz CT molecular complexity index is 3060. The molecule has 95 heavy (non-hydrogen) atoms. The molecule has 12 amide bonds. The number of rotatable bonds is 36. The van der Waals surface area contributed by atoms with E-state index in [-0.39, 0.29) is 114 Å². The average molecular weight is 1340 g/mol. The number of imidazole rings is 1. The summed E-state index contributed by atoms with van der Waals surface area (Å²) in [4.78, 5) is 191. The number of phenolic OH excluding ortho intramolecular Hbond substituents is 1. The Morgan fingerprint density at radius 3 is 1.57 bits per heavy atom. The van der Waals surface area contributed by atoms with Crippen LogP contribution in [0.1, 0.15) is 103 Å². The minimum Gasteiger partial charge on any atom is -0.508 e. The van der Waals surface area contributed by atoms with Crippen LogP contribution in [-0.4, -0.2) is 252 Å². The molecule has 36 nitrogen and oxygen atoms in total. The number of carbonyl (C=O) groups excluding carboxylic acids is 12. The van der Waals surface area contributed by atoms with Crippen molar-refractivity contribution in [1.29, 1.82) is 0 Å². The molecule has 3 aliphatic heterocycles. The molecule has 0 bridgehead atoms. The van der Waals surface area contributed by atoms with Gasteiger partial charge >= 0.3 is 5.97 Å². The minimum atomic E-state index is -1.79. The number of nitrogens with zero attached hydrogens (tertiary/aromatic N) is 5. The fraction of sp³-hybridized carbons (Fsp3) is 0.610. The van der Waals surface area contributed by atoms with E-state index in [2.05, 4.69) is 57.5 Å². The zero-order valence-corrected chi connectivity index (χ0v) is 53.2. The van der Waals surface area contributed by atoms with Gasteiger partial charge in [-0.2, -0.15) is 0 Å². The van der Waals surface area contributed by atoms with Crippen LogP contribution >= 0.6 is 0 Å². The van der Waals surface area contributed by atoms with E-state index in [0.29, 0.717) is 24.1 Å². The summed E-state index contributed by atoms with van der Waals surface area (Å²) < 4.78 is 0. The van der Waals surface area contributed by atoms with Gasteiger partial charge in [0.25, 0.3) is 0 Å². The Balaban J connectivity index is 1.26. The number of aliphatic hydroxyl groups excluding tert-OH is 3. The molecule has 1 aromatic carbocycles. The molecular formula is C59H90N18O18. The molecule has 2 aromatic rings. The third-order valence-corrected chi connectivity index (χ3v) is 16.2. The zero-order valence-electron chi connectivity index (χ0n) is 53.2. The summed E-state index contributed by atoms with van der Waals surface area (Å²) in [5, 5.41) is 70.4. The van der Waals surface area contributed by atoms with Crippen LogP contribution in [0.4, 0.5) is 0 Å². The minimum absolute atomic E-state index is 0.00984. The summed E-state index contributed by atoms with van der Waals surface area (Å²) >= 11 is 0. The van der Waals surface area contributed by atoms with Crippen molar-refractivity contribution in [3.05, 3.63) is 48.0 Å². The molecule has 22 N–H and O–H groups in total. The molecule has 524 valence electrons. The number of nitrogens with two attached hydrogens (primary N) is 4. The summed E-state index contributed by atoms with van der Waals surface area (Å²) in [6.45, 7) is 2.18. The maximum absolute atomic E-state index is 14.4. The molecule has 5 rings (SSSR count). The fourth-order valence-corrected chi connectivity index (χ4v) is 11.2. The summed E-state index contributed by atoms with van der Waals surface area (Å²) in [5.41, 5.74) is 22.5. The lowest BCUT2D eigenvalue weighted by Gasteiger charge is -2.31. The maximum atomic E-state index is 14.4. The summed E-state index contributed by atoms with van der Waals surface area (Å²) in [6, 6.07) is -11.5. The number of aromatic hydroxyl groups is 1. The van der Waals surface area contributed by atoms with Crippen molar-refractivity contribution in [2.45, 2.75) is 177 Å². The van der Waals surface area contributed by atoms with Gasteiger partial charge in [0.2, 0.25) is 70.9 Å². The number of guanidine groups is 1. The van der Waals surface area contributed by atoms with Crippen LogP contribution in [0.5, 0.6) is 5.75 Å². The van der Waals surface area contributed by atoms with Crippen molar-refractivity contribution >= 4 is 82.8 Å². The number of carboxylic acid groups (broad SMARTS) is 1. The van der Waals surface area contributed by atoms with Crippen LogP contribution in [0.2, 0.25) is 0 Å². The van der Waals surface area contributed by atoms with Crippen LogP contribution in [0.15, 0.2) is 41.8 Å². The van der Waals surface area contributed by atoms with Crippen molar-refractivity contribution in [2.24, 2.45) is 33.8 Å². The molecule has 0 aliphatic carbocycles. The normalized spacial score (nSPS) is 18.9. The number of aromatic nitrogens is 2. The third-order valence-electron chi connectivity index (χ3n) is 16.2. The summed E-state index contributed by atoms with van der Waals surface area (Å²) in [5.74, 6) is -12.5. The number of H-pyrrole nitrogens is 1. The smallest absolute Gasteiger partial charge is 0.326 e. The number of aliphatic imine (C=N–C) groups is 1. The number of hydrogen-bond donors (Lipinski definition) is 18. The number of primary amides is 1. The standard InChI is InChI=1S/C59H90N18O18/c1-30(2)22-38(70-48(84)36(16-17-46(61)82)68-52(88)43-9-5-19-75(43)55(91)35(60)26-78)49(85)67-31(3)47(83)74-42(28-80)57(93)77-21-7-11-45(77)54(90)71-39(23-32-12-14-34(81)15-13-32)50(86)73-41(27-79)51(87)72-40(24-33-25-64-29-66-33)56(92)76-20-6-10-44(76)53(89)69-37(58(94)95)8-4-18-65-59(62)63/h12-15,25,29-31,35-45,78-81H,4-11,16-24,26-28,60H2,1-3H3,(H2,61,82)(H,64,66)(H,67,85)(H,68,88)(H,69,89)(H,70,84)(H,71,90)(H,72,87)(H,73,86)(H,74,83)(H,94,95)(H4,62,63,65)/t31-,35-,36-,37-,38-,39-,40-,41-,42-,43-,44-,45-/m0/s1. The van der Waals surface area contributed by atoms with Crippen LogP contribution in [0, 0.1) is 5.92 Å². The van der Waals surface area contributed by atoms with Crippen molar-refractivity contribution in [3.8, 4) is 5.75 Å². The maximum Gasteiger partial charge on any atom is 0.326 e. The number of likely N-dealkylation sites (tertiary alicyclic amines) is 3. The molecule has 3 fully saturated rings. The topological polar surface area (TPSA) is 574 Å². The molecule has 3 saturated heterocycles. The monoisotopic (exact) mass is 1340 g/mol. The van der Waals surface area contributed by atoms with Gasteiger partial charge in [-0.05, 0) is 94.7 Å². The van der Waals surface area contributed by atoms with E-state index < -0.39 is 169 Å². The quantitative estimate of drug-likeness (QED) is 0.0171. The summed E-state index contributed by atoms with van der Waals surface area (Å²) in [7, 11) is 0. The van der Waals surface area contributed by atoms with Crippen LogP contribution in [0.3, 0.4) is 0 Å². The number of aliphatic hydroxyl groups is 3. The van der Waals surface area contributed by atoms with Gasteiger partial charge in [0, 0.05) is 57.3 Å². The number of carboxylic acids is 1. The third kappa shape index (κ3) is 22.6. The summed E-state index contributed by atoms with van der Waals surface area (Å²) in [6.07, 6.45) is 2.94. The van der Waals surface area contributed by atoms with Crippen molar-refractivity contribution < 1.29 is 87.9 Å². The molecule has 36 heteroatoms. The number of phenols is 1. The predicted octanol–water partition coefficient (Wildman–Crippen LogP) is -7.47. The van der Waals surface area contributed by atoms with Crippen LogP contribution < -0.4 is 65.5 Å². The van der Waals surface area contributed by atoms with E-state index >= 15 is 0 Å². The van der Waals surface area contributed by atoms with E-state index in [1.807, 2.05) is 0 Å². The van der Waals surface area contributed by atoms with Crippen molar-refractivity contribution in [3.63, 3.8) is 0 Å². The zero-order chi connectivity index (χ0) is 70.2.